The van der Waals surface area contributed by atoms with Crippen molar-refractivity contribution in [3.05, 3.63) is 0 Å². The van der Waals surface area contributed by atoms with Crippen molar-refractivity contribution >= 4 is 5.91 Å². The molecule has 0 aromatic heterocycles. The summed E-state index contributed by atoms with van der Waals surface area (Å²) in [5.41, 5.74) is 0.0378. The highest BCUT2D eigenvalue weighted by Crippen LogP contribution is 2.45. The molecule has 2 fully saturated rings. The molecule has 2 N–H and O–H groups in total. The lowest BCUT2D eigenvalue weighted by Gasteiger charge is -2.48. The lowest BCUT2D eigenvalue weighted by Crippen LogP contribution is -2.55. The van der Waals surface area contributed by atoms with E-state index < -0.39 is 0 Å². The molecule has 0 bridgehead atoms. The first-order chi connectivity index (χ1) is 6.27. The van der Waals surface area contributed by atoms with E-state index in [1.54, 1.807) is 0 Å². The molecule has 1 atom stereocenters. The summed E-state index contributed by atoms with van der Waals surface area (Å²) in [6.07, 6.45) is 6.05. The lowest BCUT2D eigenvalue weighted by molar-refractivity contribution is -0.126. The zero-order chi connectivity index (χ0) is 9.31. The number of nitrogens with one attached hydrogen (secondary N) is 1. The standard InChI is InChI=1S/C10H17NO2/c12-7-10(5-2-6-10)8-3-1-4-9(13)11-8/h8,12H,1-7H2,(H,11,13). The fourth-order valence-corrected chi connectivity index (χ4v) is 2.51. The summed E-state index contributed by atoms with van der Waals surface area (Å²) >= 11 is 0. The molecule has 3 heteroatoms. The maximum atomic E-state index is 11.2. The van der Waals surface area contributed by atoms with Crippen LogP contribution in [0.5, 0.6) is 0 Å². The molecule has 1 aliphatic carbocycles. The third-order valence-electron chi connectivity index (χ3n) is 3.64. The molecule has 0 aromatic rings. The second-order valence-corrected chi connectivity index (χ2v) is 4.39. The summed E-state index contributed by atoms with van der Waals surface area (Å²) in [6.45, 7) is 0.234. The molecule has 0 radical (unpaired) electrons. The van der Waals surface area contributed by atoms with Gasteiger partial charge in [-0.25, -0.2) is 0 Å². The van der Waals surface area contributed by atoms with Crippen molar-refractivity contribution in [3.63, 3.8) is 0 Å². The number of carbonyl (C=O) groups is 1. The van der Waals surface area contributed by atoms with Gasteiger partial charge in [0, 0.05) is 17.9 Å². The first-order valence-corrected chi connectivity index (χ1v) is 5.17. The first kappa shape index (κ1) is 9.00. The highest BCUT2D eigenvalue weighted by Gasteiger charge is 2.44. The van der Waals surface area contributed by atoms with Gasteiger partial charge in [0.15, 0.2) is 0 Å². The number of hydrogen-bond donors (Lipinski definition) is 2. The van der Waals surface area contributed by atoms with Crippen molar-refractivity contribution in [2.75, 3.05) is 6.61 Å². The Morgan fingerprint density at radius 3 is 2.69 bits per heavy atom. The summed E-state index contributed by atoms with van der Waals surface area (Å²) in [6, 6.07) is 0.243. The molecule has 13 heavy (non-hydrogen) atoms. The van der Waals surface area contributed by atoms with E-state index >= 15 is 0 Å². The van der Waals surface area contributed by atoms with Crippen LogP contribution in [-0.2, 0) is 4.79 Å². The Morgan fingerprint density at radius 2 is 2.23 bits per heavy atom. The Morgan fingerprint density at radius 1 is 1.46 bits per heavy atom. The minimum Gasteiger partial charge on any atom is -0.396 e. The highest BCUT2D eigenvalue weighted by molar-refractivity contribution is 5.77. The number of hydrogen-bond acceptors (Lipinski definition) is 2. The van der Waals surface area contributed by atoms with Crippen LogP contribution in [0.1, 0.15) is 38.5 Å². The molecule has 2 rings (SSSR count). The third kappa shape index (κ3) is 1.46. The zero-order valence-corrected chi connectivity index (χ0v) is 7.88. The van der Waals surface area contributed by atoms with E-state index in [0.29, 0.717) is 6.42 Å². The number of carbonyl (C=O) groups excluding carboxylic acids is 1. The maximum absolute atomic E-state index is 11.2. The van der Waals surface area contributed by atoms with Gasteiger partial charge in [0.1, 0.15) is 0 Å². The number of rotatable bonds is 2. The Balaban J connectivity index is 2.01. The van der Waals surface area contributed by atoms with Gasteiger partial charge in [0.25, 0.3) is 0 Å². The van der Waals surface area contributed by atoms with Gasteiger partial charge in [-0.2, -0.15) is 0 Å². The Labute approximate surface area is 78.5 Å². The number of amides is 1. The second kappa shape index (κ2) is 3.29. The predicted octanol–water partition coefficient (Wildman–Crippen LogP) is 0.818. The molecular weight excluding hydrogens is 166 g/mol. The molecule has 1 amide bonds. The van der Waals surface area contributed by atoms with Gasteiger partial charge in [-0.05, 0) is 25.7 Å². The molecule has 1 aliphatic heterocycles. The molecule has 1 saturated carbocycles. The van der Waals surface area contributed by atoms with Gasteiger partial charge < -0.3 is 10.4 Å². The Kier molecular flexibility index (Phi) is 2.28. The van der Waals surface area contributed by atoms with E-state index in [9.17, 15) is 9.90 Å². The minimum absolute atomic E-state index is 0.0378. The van der Waals surface area contributed by atoms with Crippen LogP contribution in [0.2, 0.25) is 0 Å². The lowest BCUT2D eigenvalue weighted by atomic mass is 9.63. The molecule has 74 valence electrons. The maximum Gasteiger partial charge on any atom is 0.220 e. The van der Waals surface area contributed by atoms with E-state index in [-0.39, 0.29) is 24.0 Å². The molecule has 1 unspecified atom stereocenters. The molecule has 3 nitrogen and oxygen atoms in total. The molecule has 1 heterocycles. The van der Waals surface area contributed by atoms with E-state index in [2.05, 4.69) is 5.32 Å². The smallest absolute Gasteiger partial charge is 0.220 e. The first-order valence-electron chi connectivity index (χ1n) is 5.17. The SMILES string of the molecule is O=C1CCCC(C2(CO)CCC2)N1. The molecule has 1 saturated heterocycles. The van der Waals surface area contributed by atoms with Crippen LogP contribution in [0.15, 0.2) is 0 Å². The van der Waals surface area contributed by atoms with E-state index in [0.717, 1.165) is 25.7 Å². The average molecular weight is 183 g/mol. The minimum atomic E-state index is 0.0378. The van der Waals surface area contributed by atoms with Gasteiger partial charge >= 0.3 is 0 Å². The quantitative estimate of drug-likeness (QED) is 0.666. The Hall–Kier alpha value is -0.570. The van der Waals surface area contributed by atoms with Gasteiger partial charge in [-0.15, -0.1) is 0 Å². The zero-order valence-electron chi connectivity index (χ0n) is 7.88. The van der Waals surface area contributed by atoms with Gasteiger partial charge in [0.05, 0.1) is 6.61 Å². The van der Waals surface area contributed by atoms with Crippen molar-refractivity contribution in [1.29, 1.82) is 0 Å². The van der Waals surface area contributed by atoms with Gasteiger partial charge in [-0.1, -0.05) is 6.42 Å². The normalized spacial score (nSPS) is 32.1. The summed E-state index contributed by atoms with van der Waals surface area (Å²) in [7, 11) is 0. The van der Waals surface area contributed by atoms with Crippen LogP contribution in [0, 0.1) is 5.41 Å². The number of piperidine rings is 1. The topological polar surface area (TPSA) is 49.3 Å². The molecular formula is C10H17NO2. The molecule has 0 aromatic carbocycles. The molecule has 2 aliphatic rings. The van der Waals surface area contributed by atoms with Gasteiger partial charge in [-0.3, -0.25) is 4.79 Å². The summed E-state index contributed by atoms with van der Waals surface area (Å²) in [5, 5.41) is 12.3. The van der Waals surface area contributed by atoms with Crippen LogP contribution in [0.25, 0.3) is 0 Å². The van der Waals surface area contributed by atoms with Crippen molar-refractivity contribution in [1.82, 2.24) is 5.32 Å². The van der Waals surface area contributed by atoms with Crippen LogP contribution >= 0.6 is 0 Å². The second-order valence-electron chi connectivity index (χ2n) is 4.39. The van der Waals surface area contributed by atoms with E-state index in [4.69, 9.17) is 0 Å². The van der Waals surface area contributed by atoms with Crippen LogP contribution in [0.3, 0.4) is 0 Å². The molecule has 0 spiro atoms. The summed E-state index contributed by atoms with van der Waals surface area (Å²) in [4.78, 5) is 11.2. The summed E-state index contributed by atoms with van der Waals surface area (Å²) < 4.78 is 0. The number of aliphatic hydroxyl groups excluding tert-OH is 1. The fraction of sp³-hybridized carbons (Fsp3) is 0.900. The van der Waals surface area contributed by atoms with Crippen molar-refractivity contribution in [3.8, 4) is 0 Å². The number of aliphatic hydroxyl groups is 1. The van der Waals surface area contributed by atoms with Crippen molar-refractivity contribution in [2.45, 2.75) is 44.6 Å². The largest absolute Gasteiger partial charge is 0.396 e. The predicted molar refractivity (Wildman–Crippen MR) is 49.2 cm³/mol. The average Bonchev–Trinajstić information content (AvgIpc) is 2.03. The van der Waals surface area contributed by atoms with Crippen LogP contribution < -0.4 is 5.32 Å². The highest BCUT2D eigenvalue weighted by atomic mass is 16.3. The fourth-order valence-electron chi connectivity index (χ4n) is 2.51. The van der Waals surface area contributed by atoms with Crippen LogP contribution in [-0.4, -0.2) is 23.7 Å². The van der Waals surface area contributed by atoms with Gasteiger partial charge in [0.2, 0.25) is 5.91 Å². The third-order valence-corrected chi connectivity index (χ3v) is 3.64. The van der Waals surface area contributed by atoms with Crippen LogP contribution in [0.4, 0.5) is 0 Å². The summed E-state index contributed by atoms with van der Waals surface area (Å²) in [5.74, 6) is 0.163. The van der Waals surface area contributed by atoms with E-state index in [1.807, 2.05) is 0 Å². The van der Waals surface area contributed by atoms with Crippen molar-refractivity contribution in [2.24, 2.45) is 5.41 Å². The monoisotopic (exact) mass is 183 g/mol. The Bertz CT molecular complexity index is 205. The van der Waals surface area contributed by atoms with E-state index in [1.165, 1.54) is 6.42 Å². The van der Waals surface area contributed by atoms with Crippen molar-refractivity contribution < 1.29 is 9.90 Å².